The minimum atomic E-state index is -1.38. The molecule has 0 atom stereocenters. The second-order valence-electron chi connectivity index (χ2n) is 5.81. The zero-order chi connectivity index (χ0) is 20.0. The minimum Gasteiger partial charge on any atom is -0.460 e. The molecule has 0 saturated carbocycles. The van der Waals surface area contributed by atoms with Gasteiger partial charge in [0.05, 0.1) is 38.4 Å². The van der Waals surface area contributed by atoms with E-state index >= 15 is 0 Å². The maximum atomic E-state index is 11.6. The third-order valence-electron chi connectivity index (χ3n) is 4.16. The lowest BCUT2D eigenvalue weighted by molar-refractivity contribution is -0.925. The van der Waals surface area contributed by atoms with E-state index < -0.39 is 17.9 Å². The summed E-state index contributed by atoms with van der Waals surface area (Å²) in [6, 6.07) is 3.19. The van der Waals surface area contributed by atoms with Gasteiger partial charge in [-0.25, -0.2) is 9.59 Å². The van der Waals surface area contributed by atoms with Gasteiger partial charge >= 0.3 is 11.9 Å². The van der Waals surface area contributed by atoms with Crippen molar-refractivity contribution in [3.63, 3.8) is 0 Å². The number of likely N-dealkylation sites (N-methyl/N-ethyl adjacent to an activating group) is 1. The molecule has 0 amide bonds. The average molecular weight is 366 g/mol. The Balaban J connectivity index is 4.22. The van der Waals surface area contributed by atoms with Crippen LogP contribution in [0.2, 0.25) is 0 Å². The number of rotatable bonds is 13. The van der Waals surface area contributed by atoms with E-state index in [4.69, 9.17) is 24.7 Å². The van der Waals surface area contributed by atoms with Crippen molar-refractivity contribution >= 4 is 11.9 Å². The van der Waals surface area contributed by atoms with E-state index in [2.05, 4.69) is 6.58 Å². The third kappa shape index (κ3) is 8.61. The fraction of sp³-hybridized carbons (Fsp3) is 0.667. The number of ether oxygens (including phenoxy) is 3. The van der Waals surface area contributed by atoms with Crippen molar-refractivity contribution in [1.29, 1.82) is 10.5 Å². The topological polar surface area (TPSA) is 109 Å². The number of hydrogen-bond acceptors (Lipinski definition) is 7. The summed E-state index contributed by atoms with van der Waals surface area (Å²) >= 11 is 0. The zero-order valence-electron chi connectivity index (χ0n) is 15.8. The maximum Gasteiger partial charge on any atom is 0.338 e. The molecule has 0 aliphatic carbocycles. The van der Waals surface area contributed by atoms with E-state index in [1.807, 2.05) is 13.8 Å². The Morgan fingerprint density at radius 1 is 1.00 bits per heavy atom. The molecule has 0 saturated heterocycles. The van der Waals surface area contributed by atoms with E-state index in [9.17, 15) is 9.59 Å². The highest BCUT2D eigenvalue weighted by Crippen LogP contribution is 2.07. The van der Waals surface area contributed by atoms with E-state index in [0.717, 1.165) is 13.1 Å². The molecule has 8 heteroatoms. The Hall–Kier alpha value is -2.42. The van der Waals surface area contributed by atoms with Crippen LogP contribution in [0.3, 0.4) is 0 Å². The second kappa shape index (κ2) is 12.9. The van der Waals surface area contributed by atoms with Crippen LogP contribution in [0.4, 0.5) is 0 Å². The second-order valence-corrected chi connectivity index (χ2v) is 5.81. The van der Waals surface area contributed by atoms with Crippen LogP contribution < -0.4 is 0 Å². The van der Waals surface area contributed by atoms with Crippen molar-refractivity contribution in [2.75, 3.05) is 52.6 Å². The van der Waals surface area contributed by atoms with Gasteiger partial charge in [-0.2, -0.15) is 10.5 Å². The first-order valence-corrected chi connectivity index (χ1v) is 8.57. The van der Waals surface area contributed by atoms with Crippen molar-refractivity contribution < 1.29 is 28.3 Å². The lowest BCUT2D eigenvalue weighted by atomic mass is 10.2. The molecule has 0 fully saturated rings. The van der Waals surface area contributed by atoms with Crippen LogP contribution in [0, 0.1) is 28.6 Å². The summed E-state index contributed by atoms with van der Waals surface area (Å²) in [6.45, 7) is 13.1. The highest BCUT2D eigenvalue weighted by molar-refractivity contribution is 5.86. The number of nitrogens with zero attached hydrogens (tertiary/aromatic N) is 3. The molecule has 0 spiro atoms. The lowest BCUT2D eigenvalue weighted by Gasteiger charge is -2.36. The molecular formula is C18H28N3O5+. The number of carbonyl (C=O) groups excluding carboxylic acids is 2. The van der Waals surface area contributed by atoms with Crippen molar-refractivity contribution in [2.24, 2.45) is 5.92 Å². The molecule has 0 bridgehead atoms. The standard InChI is InChI=1S/C18H28N3O5/c1-5-21(6-2,8-10-25-18(23)16(13-19)14-20)7-9-24-11-12-26-17(22)15(3)4/h16H,3,5-12H2,1-2,4H3/q+1. The summed E-state index contributed by atoms with van der Waals surface area (Å²) < 4.78 is 16.2. The van der Waals surface area contributed by atoms with Crippen molar-refractivity contribution in [3.8, 4) is 12.1 Å². The van der Waals surface area contributed by atoms with Crippen LogP contribution in [-0.4, -0.2) is 69.0 Å². The molecule has 0 N–H and O–H groups in total. The van der Waals surface area contributed by atoms with Crippen LogP contribution in [0.25, 0.3) is 0 Å². The maximum absolute atomic E-state index is 11.6. The number of quaternary nitrogens is 1. The Bertz CT molecular complexity index is 544. The SMILES string of the molecule is C=C(C)C(=O)OCCOCC[N+](CC)(CC)CCOC(=O)C(C#N)C#N. The molecule has 0 rings (SSSR count). The molecule has 8 nitrogen and oxygen atoms in total. The smallest absolute Gasteiger partial charge is 0.338 e. The van der Waals surface area contributed by atoms with E-state index in [-0.39, 0.29) is 13.2 Å². The van der Waals surface area contributed by atoms with Gasteiger partial charge in [-0.15, -0.1) is 0 Å². The molecular weight excluding hydrogens is 338 g/mol. The van der Waals surface area contributed by atoms with Crippen molar-refractivity contribution in [1.82, 2.24) is 0 Å². The Morgan fingerprint density at radius 3 is 2.08 bits per heavy atom. The van der Waals surface area contributed by atoms with Crippen LogP contribution >= 0.6 is 0 Å². The summed E-state index contributed by atoms with van der Waals surface area (Å²) in [5.41, 5.74) is 0.349. The first kappa shape index (κ1) is 23.6. The first-order chi connectivity index (χ1) is 12.4. The number of carbonyl (C=O) groups is 2. The normalized spacial score (nSPS) is 10.7. The fourth-order valence-electron chi connectivity index (χ4n) is 2.20. The van der Waals surface area contributed by atoms with Crippen LogP contribution in [-0.2, 0) is 23.8 Å². The fourth-order valence-corrected chi connectivity index (χ4v) is 2.20. The minimum absolute atomic E-state index is 0.136. The summed E-state index contributed by atoms with van der Waals surface area (Å²) in [6.07, 6.45) is 0. The molecule has 144 valence electrons. The summed E-state index contributed by atoms with van der Waals surface area (Å²) in [5, 5.41) is 17.3. The molecule has 0 aromatic rings. The van der Waals surface area contributed by atoms with Gasteiger partial charge in [-0.3, -0.25) is 0 Å². The molecule has 0 aliphatic heterocycles. The van der Waals surface area contributed by atoms with Gasteiger partial charge in [0.1, 0.15) is 26.3 Å². The van der Waals surface area contributed by atoms with Gasteiger partial charge < -0.3 is 18.7 Å². The van der Waals surface area contributed by atoms with Crippen LogP contribution in [0.5, 0.6) is 0 Å². The summed E-state index contributed by atoms with van der Waals surface area (Å²) in [7, 11) is 0. The average Bonchev–Trinajstić information content (AvgIpc) is 2.63. The van der Waals surface area contributed by atoms with E-state index in [1.54, 1.807) is 19.1 Å². The zero-order valence-corrected chi connectivity index (χ0v) is 15.8. The summed E-state index contributed by atoms with van der Waals surface area (Å²) in [5.74, 6) is -2.63. The highest BCUT2D eigenvalue weighted by atomic mass is 16.6. The van der Waals surface area contributed by atoms with E-state index in [0.29, 0.717) is 36.4 Å². The predicted octanol–water partition coefficient (Wildman–Crippen LogP) is 1.19. The molecule has 0 radical (unpaired) electrons. The Kier molecular flexibility index (Phi) is 11.7. The predicted molar refractivity (Wildman–Crippen MR) is 93.3 cm³/mol. The van der Waals surface area contributed by atoms with Gasteiger partial charge in [-0.1, -0.05) is 6.58 Å². The highest BCUT2D eigenvalue weighted by Gasteiger charge is 2.25. The molecule has 0 aromatic carbocycles. The largest absolute Gasteiger partial charge is 0.460 e. The van der Waals surface area contributed by atoms with Crippen LogP contribution in [0.1, 0.15) is 20.8 Å². The van der Waals surface area contributed by atoms with Gasteiger partial charge in [-0.05, 0) is 20.8 Å². The third-order valence-corrected chi connectivity index (χ3v) is 4.16. The monoisotopic (exact) mass is 366 g/mol. The molecule has 0 unspecified atom stereocenters. The molecule has 26 heavy (non-hydrogen) atoms. The number of hydrogen-bond donors (Lipinski definition) is 0. The van der Waals surface area contributed by atoms with Crippen molar-refractivity contribution in [2.45, 2.75) is 20.8 Å². The van der Waals surface area contributed by atoms with Gasteiger partial charge in [0.2, 0.25) is 5.92 Å². The Morgan fingerprint density at radius 2 is 1.58 bits per heavy atom. The van der Waals surface area contributed by atoms with Gasteiger partial charge in [0.15, 0.2) is 0 Å². The summed E-state index contributed by atoms with van der Waals surface area (Å²) in [4.78, 5) is 22.8. The van der Waals surface area contributed by atoms with E-state index in [1.165, 1.54) is 0 Å². The van der Waals surface area contributed by atoms with Crippen molar-refractivity contribution in [3.05, 3.63) is 12.2 Å². The van der Waals surface area contributed by atoms with Crippen LogP contribution in [0.15, 0.2) is 12.2 Å². The number of esters is 2. The molecule has 0 aromatic heterocycles. The first-order valence-electron chi connectivity index (χ1n) is 8.57. The Labute approximate surface area is 155 Å². The quantitative estimate of drug-likeness (QED) is 0.208. The lowest BCUT2D eigenvalue weighted by Crippen LogP contribution is -2.52. The molecule has 0 heterocycles. The number of nitriles is 2. The van der Waals surface area contributed by atoms with Gasteiger partial charge in [0.25, 0.3) is 0 Å². The van der Waals surface area contributed by atoms with Gasteiger partial charge in [0, 0.05) is 5.57 Å². The molecule has 0 aliphatic rings.